The third-order valence-electron chi connectivity index (χ3n) is 3.20. The van der Waals surface area contributed by atoms with Crippen LogP contribution in [-0.4, -0.2) is 32.8 Å². The molecule has 1 aliphatic rings. The fraction of sp³-hybridized carbons (Fsp3) is 0.500. The van der Waals surface area contributed by atoms with E-state index in [4.69, 9.17) is 25.4 Å². The van der Waals surface area contributed by atoms with Gasteiger partial charge < -0.3 is 19.9 Å². The molecule has 5 nitrogen and oxygen atoms in total. The Labute approximate surface area is 113 Å². The zero-order chi connectivity index (χ0) is 13.7. The topological polar surface area (TPSA) is 77.6 Å². The Kier molecular flexibility index (Phi) is 4.76. The number of benzene rings is 1. The van der Waals surface area contributed by atoms with Crippen molar-refractivity contribution in [1.29, 1.82) is 5.41 Å². The average Bonchev–Trinajstić information content (AvgIpc) is 2.91. The molecule has 1 saturated heterocycles. The van der Waals surface area contributed by atoms with E-state index >= 15 is 0 Å². The van der Waals surface area contributed by atoms with Gasteiger partial charge in [0.15, 0.2) is 0 Å². The summed E-state index contributed by atoms with van der Waals surface area (Å²) < 4.78 is 16.1. The quantitative estimate of drug-likeness (QED) is 0.603. The van der Waals surface area contributed by atoms with E-state index in [0.717, 1.165) is 25.2 Å². The number of nitrogens with two attached hydrogens (primary N) is 1. The molecule has 0 saturated carbocycles. The minimum atomic E-state index is 0.00268. The summed E-state index contributed by atoms with van der Waals surface area (Å²) in [6, 6.07) is 5.58. The van der Waals surface area contributed by atoms with Crippen molar-refractivity contribution in [3.63, 3.8) is 0 Å². The van der Waals surface area contributed by atoms with Gasteiger partial charge in [0.25, 0.3) is 0 Å². The standard InChI is InChI=1S/C14H20N2O3/c1-17-13-3-2-10(6-12(13)14(15)16)7-19-9-11-4-5-18-8-11/h2-3,6,11H,4-5,7-9H2,1H3,(H3,15,16). The summed E-state index contributed by atoms with van der Waals surface area (Å²) in [7, 11) is 1.57. The molecule has 1 atom stereocenters. The number of amidine groups is 1. The highest BCUT2D eigenvalue weighted by molar-refractivity contribution is 5.97. The number of ether oxygens (including phenoxy) is 3. The smallest absolute Gasteiger partial charge is 0.129 e. The zero-order valence-corrected chi connectivity index (χ0v) is 11.1. The van der Waals surface area contributed by atoms with Crippen molar-refractivity contribution in [2.24, 2.45) is 11.7 Å². The molecule has 5 heteroatoms. The summed E-state index contributed by atoms with van der Waals surface area (Å²) in [5, 5.41) is 7.53. The normalized spacial score (nSPS) is 18.5. The van der Waals surface area contributed by atoms with Crippen LogP contribution in [0.5, 0.6) is 5.75 Å². The average molecular weight is 264 g/mol. The number of nitrogen functional groups attached to an aromatic ring is 1. The summed E-state index contributed by atoms with van der Waals surface area (Å²) in [5.74, 6) is 1.12. The summed E-state index contributed by atoms with van der Waals surface area (Å²) in [6.45, 7) is 2.86. The molecule has 0 spiro atoms. The predicted octanol–water partition coefficient (Wildman–Crippen LogP) is 1.53. The van der Waals surface area contributed by atoms with Gasteiger partial charge in [-0.05, 0) is 24.1 Å². The maximum atomic E-state index is 7.53. The molecule has 0 bridgehead atoms. The minimum Gasteiger partial charge on any atom is -0.496 e. The molecular formula is C14H20N2O3. The molecule has 1 fully saturated rings. The van der Waals surface area contributed by atoms with E-state index in [0.29, 0.717) is 30.4 Å². The second kappa shape index (κ2) is 6.54. The van der Waals surface area contributed by atoms with E-state index in [1.165, 1.54) is 0 Å². The molecule has 104 valence electrons. The van der Waals surface area contributed by atoms with Crippen LogP contribution in [0.4, 0.5) is 0 Å². The van der Waals surface area contributed by atoms with Crippen molar-refractivity contribution in [3.05, 3.63) is 29.3 Å². The number of rotatable bonds is 6. The fourth-order valence-electron chi connectivity index (χ4n) is 2.11. The van der Waals surface area contributed by atoms with Crippen molar-refractivity contribution in [3.8, 4) is 5.75 Å². The second-order valence-corrected chi connectivity index (χ2v) is 4.69. The van der Waals surface area contributed by atoms with Gasteiger partial charge in [0.05, 0.1) is 32.5 Å². The molecule has 1 heterocycles. The lowest BCUT2D eigenvalue weighted by Crippen LogP contribution is -2.13. The van der Waals surface area contributed by atoms with Gasteiger partial charge in [-0.15, -0.1) is 0 Å². The second-order valence-electron chi connectivity index (χ2n) is 4.69. The lowest BCUT2D eigenvalue weighted by Gasteiger charge is -2.11. The summed E-state index contributed by atoms with van der Waals surface area (Å²) in [5.41, 5.74) is 7.13. The third-order valence-corrected chi connectivity index (χ3v) is 3.20. The predicted molar refractivity (Wildman–Crippen MR) is 72.6 cm³/mol. The molecule has 19 heavy (non-hydrogen) atoms. The van der Waals surface area contributed by atoms with Crippen LogP contribution in [0.25, 0.3) is 0 Å². The molecule has 0 radical (unpaired) electrons. The first-order chi connectivity index (χ1) is 9.20. The van der Waals surface area contributed by atoms with Crippen molar-refractivity contribution in [2.75, 3.05) is 26.9 Å². The van der Waals surface area contributed by atoms with Crippen molar-refractivity contribution in [2.45, 2.75) is 13.0 Å². The van der Waals surface area contributed by atoms with Gasteiger partial charge in [0.2, 0.25) is 0 Å². The fourth-order valence-corrected chi connectivity index (χ4v) is 2.11. The van der Waals surface area contributed by atoms with Crippen LogP contribution in [-0.2, 0) is 16.1 Å². The van der Waals surface area contributed by atoms with Gasteiger partial charge in [0.1, 0.15) is 11.6 Å². The molecule has 0 aromatic heterocycles. The Morgan fingerprint density at radius 1 is 1.53 bits per heavy atom. The molecule has 2 rings (SSSR count). The van der Waals surface area contributed by atoms with Gasteiger partial charge >= 0.3 is 0 Å². The molecule has 1 unspecified atom stereocenters. The molecule has 3 N–H and O–H groups in total. The van der Waals surface area contributed by atoms with E-state index in [2.05, 4.69) is 0 Å². The van der Waals surface area contributed by atoms with Gasteiger partial charge in [0, 0.05) is 12.5 Å². The monoisotopic (exact) mass is 264 g/mol. The summed E-state index contributed by atoms with van der Waals surface area (Å²) >= 11 is 0. The number of hydrogen-bond acceptors (Lipinski definition) is 4. The van der Waals surface area contributed by atoms with Gasteiger partial charge in [-0.2, -0.15) is 0 Å². The summed E-state index contributed by atoms with van der Waals surface area (Å²) in [6.07, 6.45) is 1.07. The van der Waals surface area contributed by atoms with E-state index in [-0.39, 0.29) is 5.84 Å². The molecule has 0 amide bonds. The van der Waals surface area contributed by atoms with Gasteiger partial charge in [-0.25, -0.2) is 0 Å². The van der Waals surface area contributed by atoms with Crippen LogP contribution in [0.3, 0.4) is 0 Å². The van der Waals surface area contributed by atoms with Crippen LogP contribution < -0.4 is 10.5 Å². The van der Waals surface area contributed by atoms with Gasteiger partial charge in [-0.3, -0.25) is 5.41 Å². The Morgan fingerprint density at radius 3 is 3.00 bits per heavy atom. The first kappa shape index (κ1) is 13.8. The van der Waals surface area contributed by atoms with Crippen LogP contribution in [0.15, 0.2) is 18.2 Å². The van der Waals surface area contributed by atoms with Crippen molar-refractivity contribution >= 4 is 5.84 Å². The molecule has 1 aromatic carbocycles. The van der Waals surface area contributed by atoms with Crippen LogP contribution in [0, 0.1) is 11.3 Å². The lowest BCUT2D eigenvalue weighted by molar-refractivity contribution is 0.0791. The van der Waals surface area contributed by atoms with Crippen molar-refractivity contribution in [1.82, 2.24) is 0 Å². The first-order valence-corrected chi connectivity index (χ1v) is 6.37. The highest BCUT2D eigenvalue weighted by Gasteiger charge is 2.15. The largest absolute Gasteiger partial charge is 0.496 e. The van der Waals surface area contributed by atoms with E-state index in [9.17, 15) is 0 Å². The van der Waals surface area contributed by atoms with Crippen molar-refractivity contribution < 1.29 is 14.2 Å². The van der Waals surface area contributed by atoms with Crippen LogP contribution in [0.1, 0.15) is 17.5 Å². The molecule has 0 aliphatic carbocycles. The molecular weight excluding hydrogens is 244 g/mol. The Morgan fingerprint density at radius 2 is 2.37 bits per heavy atom. The van der Waals surface area contributed by atoms with Crippen LogP contribution >= 0.6 is 0 Å². The Bertz CT molecular complexity index is 442. The van der Waals surface area contributed by atoms with Crippen LogP contribution in [0.2, 0.25) is 0 Å². The van der Waals surface area contributed by atoms with E-state index in [1.807, 2.05) is 18.2 Å². The Hall–Kier alpha value is -1.59. The van der Waals surface area contributed by atoms with E-state index in [1.54, 1.807) is 7.11 Å². The molecule has 1 aliphatic heterocycles. The zero-order valence-electron chi connectivity index (χ0n) is 11.1. The maximum Gasteiger partial charge on any atom is 0.129 e. The Balaban J connectivity index is 1.92. The molecule has 1 aromatic rings. The summed E-state index contributed by atoms with van der Waals surface area (Å²) in [4.78, 5) is 0. The number of hydrogen-bond donors (Lipinski definition) is 2. The third kappa shape index (κ3) is 3.68. The maximum absolute atomic E-state index is 7.53. The lowest BCUT2D eigenvalue weighted by atomic mass is 10.1. The van der Waals surface area contributed by atoms with E-state index < -0.39 is 0 Å². The highest BCUT2D eigenvalue weighted by Crippen LogP contribution is 2.20. The SMILES string of the molecule is COc1ccc(COCC2CCOC2)cc1C(=N)N. The first-order valence-electron chi connectivity index (χ1n) is 6.37. The minimum absolute atomic E-state index is 0.00268. The number of nitrogens with one attached hydrogen (secondary N) is 1. The van der Waals surface area contributed by atoms with Gasteiger partial charge in [-0.1, -0.05) is 6.07 Å². The number of methoxy groups -OCH3 is 1. The highest BCUT2D eigenvalue weighted by atomic mass is 16.5.